The van der Waals surface area contributed by atoms with Crippen molar-refractivity contribution in [3.05, 3.63) is 0 Å². The van der Waals surface area contributed by atoms with E-state index in [1.165, 1.54) is 0 Å². The summed E-state index contributed by atoms with van der Waals surface area (Å²) in [7, 11) is 3.22. The van der Waals surface area contributed by atoms with E-state index in [1.54, 1.807) is 35.4 Å². The fraction of sp³-hybridized carbons (Fsp3) is 0.826. The van der Waals surface area contributed by atoms with Gasteiger partial charge in [-0.1, -0.05) is 35.4 Å². The minimum absolute atomic E-state index is 0. The fourth-order valence-electron chi connectivity index (χ4n) is 2.23. The van der Waals surface area contributed by atoms with Gasteiger partial charge in [0.15, 0.2) is 0 Å². The molecule has 0 heterocycles. The molecule has 33 heavy (non-hydrogen) atoms. The number of carbonyl (C=O) groups excluding carboxylic acids is 4. The molecule has 1 atom stereocenters. The molecule has 0 aliphatic rings. The standard InChI is InChI=1S/C13H26N2O2S2.C10H19NO3.3H2/c1-9(2)14-12(16)7-6-11(5)19-18-8-13(17)15-10(3)4;1-4-7-11-9(12)5-6-10(13)14-8(2)3;;;/h9-11H,6-8H2,1-5H3,(H,14,16)(H,15,17);8H,4-7H2,1-3H3,(H,11,12);3*1H. The summed E-state index contributed by atoms with van der Waals surface area (Å²) < 4.78 is 4.89. The molecule has 10 heteroatoms. The minimum atomic E-state index is -0.313. The SMILES string of the molecule is CC(C)NC(=O)CCC(C)SSCC(=O)NC(C)C.CCCNC(=O)CCC(=O)OC(C)C.[HH].[HH].[HH]. The van der Waals surface area contributed by atoms with Crippen molar-refractivity contribution >= 4 is 45.3 Å². The van der Waals surface area contributed by atoms with E-state index in [2.05, 4.69) is 22.9 Å². The molecule has 0 aliphatic carbocycles. The Morgan fingerprint density at radius 2 is 1.39 bits per heavy atom. The predicted molar refractivity (Wildman–Crippen MR) is 145 cm³/mol. The summed E-state index contributed by atoms with van der Waals surface area (Å²) in [5.41, 5.74) is 0. The Labute approximate surface area is 212 Å². The molecular weight excluding hydrogens is 462 g/mol. The highest BCUT2D eigenvalue weighted by Gasteiger charge is 2.10. The van der Waals surface area contributed by atoms with Gasteiger partial charge in [-0.25, -0.2) is 0 Å². The number of carbonyl (C=O) groups is 4. The lowest BCUT2D eigenvalue weighted by atomic mass is 10.2. The minimum Gasteiger partial charge on any atom is -0.463 e. The molecule has 3 amide bonds. The molecular formula is C23H51N3O5S2. The summed E-state index contributed by atoms with van der Waals surface area (Å²) in [6.07, 6.45) is 2.55. The van der Waals surface area contributed by atoms with E-state index in [-0.39, 0.29) is 59.0 Å². The summed E-state index contributed by atoms with van der Waals surface area (Å²) in [4.78, 5) is 45.0. The second-order valence-electron chi connectivity index (χ2n) is 8.54. The molecule has 0 aromatic rings. The molecule has 0 saturated heterocycles. The van der Waals surface area contributed by atoms with Crippen molar-refractivity contribution in [1.29, 1.82) is 0 Å². The zero-order chi connectivity index (χ0) is 25.8. The molecule has 0 aromatic heterocycles. The van der Waals surface area contributed by atoms with Crippen LogP contribution in [0.5, 0.6) is 0 Å². The van der Waals surface area contributed by atoms with Crippen molar-refractivity contribution in [3.8, 4) is 0 Å². The molecule has 0 aliphatic heterocycles. The highest BCUT2D eigenvalue weighted by atomic mass is 33.1. The third-order valence-corrected chi connectivity index (χ3v) is 6.42. The first-order valence-corrected chi connectivity index (χ1v) is 14.1. The Bertz CT molecular complexity index is 587. The topological polar surface area (TPSA) is 114 Å². The lowest BCUT2D eigenvalue weighted by Crippen LogP contribution is -2.31. The maximum Gasteiger partial charge on any atom is 0.306 e. The number of rotatable bonds is 15. The van der Waals surface area contributed by atoms with Gasteiger partial charge in [0.25, 0.3) is 0 Å². The van der Waals surface area contributed by atoms with Gasteiger partial charge < -0.3 is 20.7 Å². The van der Waals surface area contributed by atoms with Gasteiger partial charge in [0, 0.05) is 41.0 Å². The van der Waals surface area contributed by atoms with Crippen LogP contribution in [0.4, 0.5) is 0 Å². The molecule has 0 spiro atoms. The van der Waals surface area contributed by atoms with Gasteiger partial charge in [-0.2, -0.15) is 0 Å². The first-order chi connectivity index (χ1) is 15.4. The van der Waals surface area contributed by atoms with Crippen molar-refractivity contribution in [2.75, 3.05) is 12.3 Å². The molecule has 0 radical (unpaired) electrons. The van der Waals surface area contributed by atoms with Crippen LogP contribution in [0.3, 0.4) is 0 Å². The first-order valence-electron chi connectivity index (χ1n) is 11.7. The van der Waals surface area contributed by atoms with Gasteiger partial charge in [-0.15, -0.1) is 0 Å². The Hall–Kier alpha value is -1.42. The smallest absolute Gasteiger partial charge is 0.306 e. The van der Waals surface area contributed by atoms with E-state index in [0.29, 0.717) is 24.0 Å². The molecule has 0 bridgehead atoms. The fourth-order valence-corrected chi connectivity index (χ4v) is 4.45. The second-order valence-corrected chi connectivity index (χ2v) is 11.3. The summed E-state index contributed by atoms with van der Waals surface area (Å²) in [5.74, 6) is 0.229. The third-order valence-electron chi connectivity index (χ3n) is 3.60. The normalized spacial score (nSPS) is 11.5. The van der Waals surface area contributed by atoms with E-state index < -0.39 is 0 Å². The third kappa shape index (κ3) is 26.7. The lowest BCUT2D eigenvalue weighted by Gasteiger charge is -2.12. The van der Waals surface area contributed by atoms with Crippen LogP contribution < -0.4 is 16.0 Å². The van der Waals surface area contributed by atoms with Crippen LogP contribution in [0.1, 0.15) is 91.8 Å². The molecule has 200 valence electrons. The summed E-state index contributed by atoms with van der Waals surface area (Å²) >= 11 is 0. The largest absolute Gasteiger partial charge is 0.463 e. The maximum atomic E-state index is 11.5. The van der Waals surface area contributed by atoms with Crippen LogP contribution >= 0.6 is 21.6 Å². The van der Waals surface area contributed by atoms with Crippen molar-refractivity contribution in [1.82, 2.24) is 16.0 Å². The van der Waals surface area contributed by atoms with E-state index in [9.17, 15) is 19.2 Å². The van der Waals surface area contributed by atoms with Crippen LogP contribution in [-0.4, -0.2) is 59.4 Å². The molecule has 0 rings (SSSR count). The average molecular weight is 514 g/mol. The maximum absolute atomic E-state index is 11.5. The summed E-state index contributed by atoms with van der Waals surface area (Å²) in [6.45, 7) is 16.1. The van der Waals surface area contributed by atoms with Gasteiger partial charge in [0.2, 0.25) is 17.7 Å². The Morgan fingerprint density at radius 1 is 0.818 bits per heavy atom. The number of hydrogen-bond acceptors (Lipinski definition) is 7. The number of amides is 3. The van der Waals surface area contributed by atoms with Gasteiger partial charge in [-0.3, -0.25) is 19.2 Å². The van der Waals surface area contributed by atoms with Crippen molar-refractivity contribution in [2.24, 2.45) is 0 Å². The molecule has 0 aromatic carbocycles. The van der Waals surface area contributed by atoms with Crippen LogP contribution in [0.2, 0.25) is 0 Å². The Morgan fingerprint density at radius 3 is 1.91 bits per heavy atom. The monoisotopic (exact) mass is 513 g/mol. The molecule has 1 unspecified atom stereocenters. The van der Waals surface area contributed by atoms with Gasteiger partial charge in [-0.05, 0) is 54.4 Å². The molecule has 3 N–H and O–H groups in total. The van der Waals surface area contributed by atoms with Crippen LogP contribution in [0.15, 0.2) is 0 Å². The van der Waals surface area contributed by atoms with E-state index in [4.69, 9.17) is 4.74 Å². The van der Waals surface area contributed by atoms with E-state index >= 15 is 0 Å². The highest BCUT2D eigenvalue weighted by molar-refractivity contribution is 8.77. The lowest BCUT2D eigenvalue weighted by molar-refractivity contribution is -0.148. The van der Waals surface area contributed by atoms with Gasteiger partial charge in [0.1, 0.15) is 0 Å². The van der Waals surface area contributed by atoms with Gasteiger partial charge in [0.05, 0.1) is 18.3 Å². The summed E-state index contributed by atoms with van der Waals surface area (Å²) in [5, 5.41) is 8.79. The second kappa shape index (κ2) is 21.1. The number of nitrogens with one attached hydrogen (secondary N) is 3. The van der Waals surface area contributed by atoms with E-state index in [0.717, 1.165) is 12.8 Å². The van der Waals surface area contributed by atoms with Gasteiger partial charge >= 0.3 is 5.97 Å². The first kappa shape index (κ1) is 33.8. The van der Waals surface area contributed by atoms with Crippen LogP contribution in [-0.2, 0) is 23.9 Å². The van der Waals surface area contributed by atoms with Crippen molar-refractivity contribution < 1.29 is 28.2 Å². The van der Waals surface area contributed by atoms with E-state index in [1.807, 2.05) is 34.6 Å². The quantitative estimate of drug-likeness (QED) is 0.217. The zero-order valence-electron chi connectivity index (χ0n) is 21.6. The summed E-state index contributed by atoms with van der Waals surface area (Å²) in [6, 6.07) is 0.389. The van der Waals surface area contributed by atoms with Crippen molar-refractivity contribution in [2.45, 2.75) is 111 Å². The number of ether oxygens (including phenoxy) is 1. The molecule has 0 saturated carbocycles. The predicted octanol–water partition coefficient (Wildman–Crippen LogP) is 4.57. The number of esters is 1. The highest BCUT2D eigenvalue weighted by Crippen LogP contribution is 2.28. The van der Waals surface area contributed by atoms with Crippen LogP contribution in [0.25, 0.3) is 0 Å². The zero-order valence-corrected chi connectivity index (χ0v) is 23.2. The van der Waals surface area contributed by atoms with Crippen LogP contribution in [0, 0.1) is 0 Å². The Balaban J connectivity index is -0.000000170. The molecule has 0 fully saturated rings. The average Bonchev–Trinajstić information content (AvgIpc) is 2.68. The van der Waals surface area contributed by atoms with Crippen molar-refractivity contribution in [3.63, 3.8) is 0 Å². The number of hydrogen-bond donors (Lipinski definition) is 3. The molecule has 8 nitrogen and oxygen atoms in total. The Kier molecular flexibility index (Phi) is 21.6.